The van der Waals surface area contributed by atoms with E-state index in [0.29, 0.717) is 26.2 Å². The molecule has 2 radical (unpaired) electrons. The second kappa shape index (κ2) is 30.2. The molecule has 0 unspecified atom stereocenters. The van der Waals surface area contributed by atoms with Crippen LogP contribution in [0.1, 0.15) is 57.6 Å². The third kappa shape index (κ3) is 33.9. The minimum atomic E-state index is -10.7. The van der Waals surface area contributed by atoms with Crippen molar-refractivity contribution in [2.24, 2.45) is 0 Å². The van der Waals surface area contributed by atoms with Crippen LogP contribution in [-0.4, -0.2) is 49.7 Å². The van der Waals surface area contributed by atoms with Gasteiger partial charge in [0.15, 0.2) is 0 Å². The Morgan fingerprint density at radius 1 is 0.308 bits per heavy atom. The Morgan fingerprint density at radius 3 is 0.590 bits per heavy atom. The van der Waals surface area contributed by atoms with E-state index in [0.717, 1.165) is 45.6 Å². The van der Waals surface area contributed by atoms with E-state index in [1.165, 1.54) is 9.82 Å². The summed E-state index contributed by atoms with van der Waals surface area (Å²) >= 11 is 0. The van der Waals surface area contributed by atoms with Gasteiger partial charge in [-0.2, -0.15) is 0 Å². The molecule has 32 heteroatoms. The van der Waals surface area contributed by atoms with E-state index in [4.69, 9.17) is 22.1 Å². The van der Waals surface area contributed by atoms with E-state index < -0.39 is 15.6 Å². The summed E-state index contributed by atoms with van der Waals surface area (Å²) in [6.07, 6.45) is 14.6. The van der Waals surface area contributed by atoms with Gasteiger partial charge in [-0.1, -0.05) is 48.5 Å². The van der Waals surface area contributed by atoms with Crippen molar-refractivity contribution in [3.63, 3.8) is 0 Å². The SMILES string of the molecule is F[P-](F)(F)(F)(F)F.F[P-](F)(F)(F)(F)F.[N-]=[N+]=[N-].[N-]=[N+]=[N-].[Ru+3].[Ru+3].c1ccc(CN(Cc2ccccn2)C(c2ccccn2)c2ccccn2)nc1.c1ccc(CN(Cc2ccccn2)C(c2ccccn2)c2ccccn2)nc1. The van der Waals surface area contributed by atoms with Crippen molar-refractivity contribution >= 4 is 15.6 Å². The normalized spacial score (nSPS) is 12.3. The summed E-state index contributed by atoms with van der Waals surface area (Å²) in [5.74, 6) is 0. The summed E-state index contributed by atoms with van der Waals surface area (Å²) in [6, 6.07) is 47.7. The number of rotatable bonds is 14. The zero-order valence-electron chi connectivity index (χ0n) is 39.8. The molecule has 0 spiro atoms. The van der Waals surface area contributed by atoms with Crippen LogP contribution in [0.25, 0.3) is 31.9 Å². The quantitative estimate of drug-likeness (QED) is 0.0250. The molecule has 16 nitrogen and oxygen atoms in total. The molecule has 8 aromatic rings. The largest absolute Gasteiger partial charge is 3.00 e. The molecule has 0 aliphatic carbocycles. The molecule has 0 N–H and O–H groups in total. The van der Waals surface area contributed by atoms with Crippen molar-refractivity contribution in [2.45, 2.75) is 38.3 Å². The summed E-state index contributed by atoms with van der Waals surface area (Å²) in [5, 5.41) is 0. The fourth-order valence-electron chi connectivity index (χ4n) is 6.48. The van der Waals surface area contributed by atoms with Crippen LogP contribution < -0.4 is 0 Å². The molecule has 414 valence electrons. The Hall–Kier alpha value is -6.99. The molecule has 0 aromatic carbocycles. The molecule has 0 atom stereocenters. The first-order valence-electron chi connectivity index (χ1n) is 21.3. The summed E-state index contributed by atoms with van der Waals surface area (Å²) in [6.45, 7) is 2.65. The fourth-order valence-corrected chi connectivity index (χ4v) is 6.48. The summed E-state index contributed by atoms with van der Waals surface area (Å²) in [4.78, 5) is 44.3. The van der Waals surface area contributed by atoms with E-state index in [2.05, 4.69) is 49.7 Å². The van der Waals surface area contributed by atoms with Crippen LogP contribution in [0, 0.1) is 0 Å². The molecule has 0 saturated heterocycles. The zero-order valence-corrected chi connectivity index (χ0v) is 45.0. The first-order chi connectivity index (χ1) is 35.5. The maximum absolute atomic E-state index is 10.7. The second-order valence-corrected chi connectivity index (χ2v) is 18.8. The molecule has 0 bridgehead atoms. The predicted octanol–water partition coefficient (Wildman–Crippen LogP) is 16.6. The third-order valence-corrected chi connectivity index (χ3v) is 8.97. The van der Waals surface area contributed by atoms with E-state index >= 15 is 0 Å². The van der Waals surface area contributed by atoms with E-state index in [1.807, 2.05) is 195 Å². The van der Waals surface area contributed by atoms with Crippen LogP contribution >= 0.6 is 15.6 Å². The summed E-state index contributed by atoms with van der Waals surface area (Å²) in [5.41, 5.74) is 34.8. The standard InChI is InChI=1S/2C23H21N5.2F6P.2N3.2Ru/c2*1-5-13-24-19(9-1)17-28(18-20-10-2-6-14-25-20)23(21-11-3-7-15-26-21)22-12-4-8-16-27-22;2*1-7(2,3,4,5)6;2*1-3-2;;/h2*1-16,23H,17-18H2;;;;;;/q;;4*-1;2*+3. The van der Waals surface area contributed by atoms with Crippen LogP contribution in [0.3, 0.4) is 0 Å². The van der Waals surface area contributed by atoms with E-state index in [-0.39, 0.29) is 51.0 Å². The van der Waals surface area contributed by atoms with Crippen molar-refractivity contribution in [1.29, 1.82) is 0 Å². The zero-order chi connectivity index (χ0) is 56.3. The topological polar surface area (TPSA) is 227 Å². The van der Waals surface area contributed by atoms with Crippen molar-refractivity contribution < 1.29 is 89.3 Å². The number of halogens is 12. The van der Waals surface area contributed by atoms with Crippen LogP contribution in [0.5, 0.6) is 0 Å². The van der Waals surface area contributed by atoms with Gasteiger partial charge in [-0.3, -0.25) is 59.5 Å². The molecule has 0 amide bonds. The van der Waals surface area contributed by atoms with Crippen molar-refractivity contribution in [3.8, 4) is 0 Å². The minimum absolute atomic E-state index is 0. The van der Waals surface area contributed by atoms with Crippen LogP contribution in [0.4, 0.5) is 50.4 Å². The summed E-state index contributed by atoms with van der Waals surface area (Å²) < 4.78 is 118. The van der Waals surface area contributed by atoms with Gasteiger partial charge in [-0.25, -0.2) is 0 Å². The predicted molar refractivity (Wildman–Crippen MR) is 263 cm³/mol. The van der Waals surface area contributed by atoms with Gasteiger partial charge in [0.1, 0.15) is 0 Å². The Morgan fingerprint density at radius 2 is 0.462 bits per heavy atom. The van der Waals surface area contributed by atoms with Gasteiger partial charge < -0.3 is 22.1 Å². The van der Waals surface area contributed by atoms with Crippen molar-refractivity contribution in [1.82, 2.24) is 49.7 Å². The maximum Gasteiger partial charge on any atom is 3.00 e. The van der Waals surface area contributed by atoms with Crippen LogP contribution in [0.2, 0.25) is 0 Å². The van der Waals surface area contributed by atoms with Gasteiger partial charge in [0.05, 0.1) is 57.6 Å². The Balaban J connectivity index is 0.000000570. The van der Waals surface area contributed by atoms with Gasteiger partial charge >= 0.3 is 105 Å². The molecule has 0 aliphatic rings. The average molecular weight is 1310 g/mol. The second-order valence-electron chi connectivity index (χ2n) is 15.0. The molecular weight excluding hydrogens is 1270 g/mol. The number of pyridine rings is 8. The first-order valence-corrected chi connectivity index (χ1v) is 25.4. The van der Waals surface area contributed by atoms with E-state index in [1.54, 1.807) is 0 Å². The number of nitrogens with zero attached hydrogens (tertiary/aromatic N) is 16. The number of aromatic nitrogens is 8. The maximum atomic E-state index is 9.87. The van der Waals surface area contributed by atoms with Gasteiger partial charge in [0.25, 0.3) is 0 Å². The number of hydrogen-bond donors (Lipinski definition) is 0. The van der Waals surface area contributed by atoms with Gasteiger partial charge in [-0.15, -0.1) is 0 Å². The van der Waals surface area contributed by atoms with Gasteiger partial charge in [0, 0.05) is 75.8 Å². The van der Waals surface area contributed by atoms with E-state index in [9.17, 15) is 50.4 Å². The van der Waals surface area contributed by atoms with Gasteiger partial charge in [0.2, 0.25) is 0 Å². The molecule has 0 aliphatic heterocycles. The third-order valence-electron chi connectivity index (χ3n) is 8.97. The summed E-state index contributed by atoms with van der Waals surface area (Å²) in [7, 11) is -21.3. The van der Waals surface area contributed by atoms with Crippen molar-refractivity contribution in [3.05, 3.63) is 273 Å². The number of hydrogen-bond acceptors (Lipinski definition) is 10. The Kier molecular flexibility index (Phi) is 26.8. The Bertz CT molecular complexity index is 2590. The fraction of sp³-hybridized carbons (Fsp3) is 0.130. The smallest absolute Gasteiger partial charge is 0.373 e. The molecule has 0 fully saturated rings. The van der Waals surface area contributed by atoms with Crippen molar-refractivity contribution in [2.75, 3.05) is 0 Å². The average Bonchev–Trinajstić information content (AvgIpc) is 3.36. The molecule has 8 rings (SSSR count). The van der Waals surface area contributed by atoms with Gasteiger partial charge in [-0.05, 0) is 97.1 Å². The van der Waals surface area contributed by atoms with Crippen LogP contribution in [0.15, 0.2) is 195 Å². The molecule has 8 aromatic heterocycles. The Labute approximate surface area is 463 Å². The molecular formula is C46H42F12N16P2Ru2+2. The molecule has 8 heterocycles. The van der Waals surface area contributed by atoms with Crippen LogP contribution in [-0.2, 0) is 65.1 Å². The minimum Gasteiger partial charge on any atom is -0.373 e. The monoisotopic (exact) mass is 1310 g/mol. The molecule has 0 saturated carbocycles. The molecule has 78 heavy (non-hydrogen) atoms. The first kappa shape index (κ1) is 69.0.